The van der Waals surface area contributed by atoms with Crippen LogP contribution in [-0.2, 0) is 0 Å². The minimum absolute atomic E-state index is 0.486. The number of para-hydroxylation sites is 4. The number of hydrogen-bond donors (Lipinski definition) is 0. The highest BCUT2D eigenvalue weighted by molar-refractivity contribution is 6.22. The van der Waals surface area contributed by atoms with E-state index in [0.29, 0.717) is 22.5 Å². The predicted molar refractivity (Wildman–Crippen MR) is 216 cm³/mol. The van der Waals surface area contributed by atoms with E-state index in [1.807, 2.05) is 30.3 Å². The standard InChI is InChI=1S/C48H27N5/c49-28-31-25-45(32(29-50)24-44(31)52-42-21-11-8-18-37(42)48-34-15-5-4-12-30(34)22-23-43(48)52)53-41-20-10-7-17-36(41)39-26-46-38(27-47(39)53)35-16-6-9-19-40(35)51(46)33-13-2-1-3-14-33/h1-27H. The number of fused-ring (bicyclic) bond motifs is 11. The van der Waals surface area contributed by atoms with Gasteiger partial charge in [-0.25, -0.2) is 0 Å². The van der Waals surface area contributed by atoms with Crippen molar-refractivity contribution in [2.24, 2.45) is 0 Å². The maximum Gasteiger partial charge on any atom is 0.101 e. The van der Waals surface area contributed by atoms with Crippen molar-refractivity contribution in [2.45, 2.75) is 0 Å². The molecular formula is C48H27N5. The van der Waals surface area contributed by atoms with Gasteiger partial charge in [-0.05, 0) is 71.4 Å². The molecule has 0 atom stereocenters. The maximum atomic E-state index is 10.9. The summed E-state index contributed by atoms with van der Waals surface area (Å²) in [4.78, 5) is 0. The molecule has 0 aliphatic rings. The van der Waals surface area contributed by atoms with Crippen LogP contribution in [0.4, 0.5) is 0 Å². The molecule has 0 N–H and O–H groups in total. The molecule has 0 spiro atoms. The van der Waals surface area contributed by atoms with E-state index < -0.39 is 0 Å². The van der Waals surface area contributed by atoms with Crippen LogP contribution in [0.3, 0.4) is 0 Å². The van der Waals surface area contributed by atoms with Gasteiger partial charge < -0.3 is 13.7 Å². The zero-order chi connectivity index (χ0) is 35.2. The van der Waals surface area contributed by atoms with Gasteiger partial charge in [0.2, 0.25) is 0 Å². The lowest BCUT2D eigenvalue weighted by Crippen LogP contribution is -2.04. The predicted octanol–water partition coefficient (Wildman–Crippen LogP) is 11.9. The van der Waals surface area contributed by atoms with Gasteiger partial charge in [0.1, 0.15) is 12.1 Å². The summed E-state index contributed by atoms with van der Waals surface area (Å²) in [5.41, 5.74) is 9.61. The van der Waals surface area contributed by atoms with Crippen molar-refractivity contribution in [3.05, 3.63) is 175 Å². The van der Waals surface area contributed by atoms with Gasteiger partial charge in [-0.2, -0.15) is 10.5 Å². The van der Waals surface area contributed by atoms with E-state index in [1.165, 1.54) is 0 Å². The van der Waals surface area contributed by atoms with Crippen LogP contribution in [0.2, 0.25) is 0 Å². The molecule has 5 heteroatoms. The van der Waals surface area contributed by atoms with Crippen LogP contribution in [0.5, 0.6) is 0 Å². The molecule has 11 aromatic rings. The molecule has 0 amide bonds. The zero-order valence-corrected chi connectivity index (χ0v) is 28.3. The summed E-state index contributed by atoms with van der Waals surface area (Å²) < 4.78 is 6.64. The molecule has 3 aromatic heterocycles. The van der Waals surface area contributed by atoms with E-state index in [9.17, 15) is 10.5 Å². The molecule has 11 rings (SSSR count). The maximum absolute atomic E-state index is 10.9. The fourth-order valence-corrected chi connectivity index (χ4v) is 8.67. The minimum Gasteiger partial charge on any atom is -0.309 e. The van der Waals surface area contributed by atoms with Crippen LogP contribution in [0, 0.1) is 22.7 Å². The third kappa shape index (κ3) is 3.99. The first-order valence-corrected chi connectivity index (χ1v) is 17.6. The van der Waals surface area contributed by atoms with Gasteiger partial charge in [-0.15, -0.1) is 0 Å². The highest BCUT2D eigenvalue weighted by Gasteiger charge is 2.23. The summed E-state index contributed by atoms with van der Waals surface area (Å²) >= 11 is 0. The molecule has 3 heterocycles. The van der Waals surface area contributed by atoms with Crippen molar-refractivity contribution in [3.8, 4) is 29.2 Å². The van der Waals surface area contributed by atoms with Crippen molar-refractivity contribution in [3.63, 3.8) is 0 Å². The van der Waals surface area contributed by atoms with E-state index in [-0.39, 0.29) is 0 Å². The molecule has 0 aliphatic carbocycles. The number of benzene rings is 8. The summed E-state index contributed by atoms with van der Waals surface area (Å²) in [5, 5.41) is 30.7. The normalized spacial score (nSPS) is 11.7. The van der Waals surface area contributed by atoms with Gasteiger partial charge >= 0.3 is 0 Å². The summed E-state index contributed by atoms with van der Waals surface area (Å²) in [6.07, 6.45) is 0. The third-order valence-corrected chi connectivity index (χ3v) is 10.9. The average molecular weight is 674 g/mol. The van der Waals surface area contributed by atoms with Gasteiger partial charge in [0.05, 0.1) is 55.6 Å². The number of hydrogen-bond acceptors (Lipinski definition) is 2. The Morgan fingerprint density at radius 1 is 0.340 bits per heavy atom. The molecule has 8 aromatic carbocycles. The second-order valence-corrected chi connectivity index (χ2v) is 13.6. The molecule has 0 bridgehead atoms. The van der Waals surface area contributed by atoms with Gasteiger partial charge in [-0.1, -0.05) is 103 Å². The zero-order valence-electron chi connectivity index (χ0n) is 28.3. The lowest BCUT2D eigenvalue weighted by Gasteiger charge is -2.15. The Labute approximate surface area is 303 Å². The molecule has 5 nitrogen and oxygen atoms in total. The Kier molecular flexibility index (Phi) is 6.02. The fraction of sp³-hybridized carbons (Fsp3) is 0. The summed E-state index contributed by atoms with van der Waals surface area (Å²) in [7, 11) is 0. The Morgan fingerprint density at radius 3 is 1.43 bits per heavy atom. The second-order valence-electron chi connectivity index (χ2n) is 13.6. The highest BCUT2D eigenvalue weighted by atomic mass is 15.0. The van der Waals surface area contributed by atoms with Gasteiger partial charge in [0.15, 0.2) is 0 Å². The summed E-state index contributed by atoms with van der Waals surface area (Å²) in [5.74, 6) is 0. The lowest BCUT2D eigenvalue weighted by atomic mass is 10.0. The summed E-state index contributed by atoms with van der Waals surface area (Å²) in [6.45, 7) is 0. The number of nitriles is 2. The lowest BCUT2D eigenvalue weighted by molar-refractivity contribution is 1.12. The first-order valence-electron chi connectivity index (χ1n) is 17.6. The van der Waals surface area contributed by atoms with Crippen LogP contribution in [0.25, 0.3) is 93.3 Å². The average Bonchev–Trinajstić information content (AvgIpc) is 3.85. The topological polar surface area (TPSA) is 62.4 Å². The molecular weight excluding hydrogens is 647 g/mol. The number of rotatable bonds is 3. The van der Waals surface area contributed by atoms with Crippen LogP contribution >= 0.6 is 0 Å². The second kappa shape index (κ2) is 10.9. The first-order chi connectivity index (χ1) is 26.2. The Morgan fingerprint density at radius 2 is 0.811 bits per heavy atom. The van der Waals surface area contributed by atoms with E-state index >= 15 is 0 Å². The Balaban J connectivity index is 1.23. The van der Waals surface area contributed by atoms with Crippen molar-refractivity contribution in [1.82, 2.24) is 13.7 Å². The molecule has 0 unspecified atom stereocenters. The Hall–Kier alpha value is -7.60. The fourth-order valence-electron chi connectivity index (χ4n) is 8.67. The minimum atomic E-state index is 0.486. The Bertz CT molecular complexity index is 3420. The largest absolute Gasteiger partial charge is 0.309 e. The molecule has 0 radical (unpaired) electrons. The van der Waals surface area contributed by atoms with Gasteiger partial charge in [-0.3, -0.25) is 0 Å². The van der Waals surface area contributed by atoms with Crippen molar-refractivity contribution < 1.29 is 0 Å². The van der Waals surface area contributed by atoms with Crippen LogP contribution in [-0.4, -0.2) is 13.7 Å². The van der Waals surface area contributed by atoms with E-state index in [0.717, 1.165) is 81.9 Å². The van der Waals surface area contributed by atoms with Crippen LogP contribution < -0.4 is 0 Å². The van der Waals surface area contributed by atoms with Gasteiger partial charge in [0, 0.05) is 38.0 Å². The van der Waals surface area contributed by atoms with Crippen molar-refractivity contribution in [2.75, 3.05) is 0 Å². The SMILES string of the molecule is N#Cc1cc(-n2c3ccccc3c3c4ccccc4ccc32)c(C#N)cc1-n1c2ccccc2c2cc3c(cc21)c1ccccc1n3-c1ccccc1. The van der Waals surface area contributed by atoms with Crippen molar-refractivity contribution in [1.29, 1.82) is 10.5 Å². The molecule has 0 saturated carbocycles. The highest BCUT2D eigenvalue weighted by Crippen LogP contribution is 2.42. The first kappa shape index (κ1) is 29.2. The molecule has 0 saturated heterocycles. The monoisotopic (exact) mass is 673 g/mol. The molecule has 53 heavy (non-hydrogen) atoms. The summed E-state index contributed by atoms with van der Waals surface area (Å²) in [6, 6.07) is 61.7. The molecule has 244 valence electrons. The van der Waals surface area contributed by atoms with Crippen LogP contribution in [0.1, 0.15) is 11.1 Å². The van der Waals surface area contributed by atoms with E-state index in [4.69, 9.17) is 0 Å². The van der Waals surface area contributed by atoms with Gasteiger partial charge in [0.25, 0.3) is 0 Å². The van der Waals surface area contributed by atoms with E-state index in [1.54, 1.807) is 0 Å². The molecule has 0 fully saturated rings. The number of aromatic nitrogens is 3. The smallest absolute Gasteiger partial charge is 0.101 e. The third-order valence-electron chi connectivity index (χ3n) is 10.9. The molecule has 0 aliphatic heterocycles. The number of nitrogens with zero attached hydrogens (tertiary/aromatic N) is 5. The van der Waals surface area contributed by atoms with Crippen LogP contribution in [0.15, 0.2) is 164 Å². The van der Waals surface area contributed by atoms with E-state index in [2.05, 4.69) is 159 Å². The van der Waals surface area contributed by atoms with Crippen molar-refractivity contribution >= 4 is 76.2 Å². The quantitative estimate of drug-likeness (QED) is 0.187.